The van der Waals surface area contributed by atoms with Gasteiger partial charge in [0.2, 0.25) is 0 Å². The molecule has 1 aromatic rings. The molecule has 0 spiro atoms. The highest BCUT2D eigenvalue weighted by Crippen LogP contribution is 2.19. The van der Waals surface area contributed by atoms with Crippen LogP contribution in [0, 0.1) is 0 Å². The Labute approximate surface area is 95.2 Å². The largest absolute Gasteiger partial charge is 0.493 e. The molecule has 16 heavy (non-hydrogen) atoms. The molecular weight excluding hydrogens is 206 g/mol. The van der Waals surface area contributed by atoms with Gasteiger partial charge < -0.3 is 20.1 Å². The van der Waals surface area contributed by atoms with Crippen LogP contribution >= 0.6 is 0 Å². The smallest absolute Gasteiger partial charge is 0.168 e. The lowest BCUT2D eigenvalue weighted by atomic mass is 10.3. The summed E-state index contributed by atoms with van der Waals surface area (Å²) in [4.78, 5) is 4.23. The van der Waals surface area contributed by atoms with E-state index in [2.05, 4.69) is 15.6 Å². The molecule has 1 saturated heterocycles. The van der Waals surface area contributed by atoms with Crippen LogP contribution in [0.4, 0.5) is 5.82 Å². The molecule has 88 valence electrons. The number of pyridine rings is 1. The van der Waals surface area contributed by atoms with Crippen LogP contribution < -0.4 is 15.4 Å². The highest BCUT2D eigenvalue weighted by Gasteiger charge is 2.13. The van der Waals surface area contributed by atoms with E-state index in [0.29, 0.717) is 6.04 Å². The minimum Gasteiger partial charge on any atom is -0.493 e. The molecule has 5 heteroatoms. The molecule has 0 aliphatic carbocycles. The molecule has 1 unspecified atom stereocenters. The molecule has 0 amide bonds. The van der Waals surface area contributed by atoms with Crippen molar-refractivity contribution in [3.63, 3.8) is 0 Å². The summed E-state index contributed by atoms with van der Waals surface area (Å²) in [5.74, 6) is 1.54. The topological polar surface area (TPSA) is 55.4 Å². The molecule has 0 saturated carbocycles. The van der Waals surface area contributed by atoms with Crippen molar-refractivity contribution in [3.8, 4) is 5.75 Å². The van der Waals surface area contributed by atoms with Crippen LogP contribution in [0.15, 0.2) is 18.3 Å². The van der Waals surface area contributed by atoms with Crippen LogP contribution in [0.1, 0.15) is 0 Å². The summed E-state index contributed by atoms with van der Waals surface area (Å²) in [5, 5.41) is 6.63. The Morgan fingerprint density at radius 3 is 3.38 bits per heavy atom. The van der Waals surface area contributed by atoms with Gasteiger partial charge in [-0.15, -0.1) is 0 Å². The zero-order valence-electron chi connectivity index (χ0n) is 9.40. The minimum atomic E-state index is 0.334. The van der Waals surface area contributed by atoms with Crippen molar-refractivity contribution >= 4 is 5.82 Å². The Kier molecular flexibility index (Phi) is 3.96. The number of nitrogens with one attached hydrogen (secondary N) is 2. The van der Waals surface area contributed by atoms with Gasteiger partial charge in [0.15, 0.2) is 11.6 Å². The first kappa shape index (κ1) is 11.2. The Balaban J connectivity index is 1.88. The molecular formula is C11H17N3O2. The third kappa shape index (κ3) is 2.84. The summed E-state index contributed by atoms with van der Waals surface area (Å²) in [6.45, 7) is 3.23. The standard InChI is InChI=1S/C11H17N3O2/c1-15-10-3-2-4-13-11(10)14-7-9-8-16-6-5-12-9/h2-4,9,12H,5-8H2,1H3,(H,13,14). The van der Waals surface area contributed by atoms with Gasteiger partial charge in [-0.3, -0.25) is 0 Å². The monoisotopic (exact) mass is 223 g/mol. The van der Waals surface area contributed by atoms with Crippen molar-refractivity contribution in [1.82, 2.24) is 10.3 Å². The van der Waals surface area contributed by atoms with E-state index in [1.165, 1.54) is 0 Å². The lowest BCUT2D eigenvalue weighted by molar-refractivity contribution is 0.0806. The minimum absolute atomic E-state index is 0.334. The van der Waals surface area contributed by atoms with Crippen LogP contribution in [0.5, 0.6) is 5.75 Å². The van der Waals surface area contributed by atoms with Crippen molar-refractivity contribution in [1.29, 1.82) is 0 Å². The first-order chi connectivity index (χ1) is 7.90. The molecule has 2 rings (SSSR count). The second-order valence-electron chi connectivity index (χ2n) is 3.66. The van der Waals surface area contributed by atoms with Crippen LogP contribution in [0.3, 0.4) is 0 Å². The number of methoxy groups -OCH3 is 1. The van der Waals surface area contributed by atoms with Crippen molar-refractivity contribution < 1.29 is 9.47 Å². The number of hydrogen-bond acceptors (Lipinski definition) is 5. The van der Waals surface area contributed by atoms with Crippen molar-refractivity contribution in [2.45, 2.75) is 6.04 Å². The van der Waals surface area contributed by atoms with E-state index in [1.807, 2.05) is 12.1 Å². The predicted molar refractivity (Wildman–Crippen MR) is 61.9 cm³/mol. The Morgan fingerprint density at radius 1 is 1.69 bits per heavy atom. The van der Waals surface area contributed by atoms with Gasteiger partial charge in [-0.1, -0.05) is 0 Å². The molecule has 0 aromatic carbocycles. The Hall–Kier alpha value is -1.33. The molecule has 1 atom stereocenters. The quantitative estimate of drug-likeness (QED) is 0.778. The van der Waals surface area contributed by atoms with E-state index in [9.17, 15) is 0 Å². The third-order valence-electron chi connectivity index (χ3n) is 2.50. The van der Waals surface area contributed by atoms with Crippen molar-refractivity contribution in [3.05, 3.63) is 18.3 Å². The summed E-state index contributed by atoms with van der Waals surface area (Å²) in [6.07, 6.45) is 1.75. The number of rotatable bonds is 4. The second-order valence-corrected chi connectivity index (χ2v) is 3.66. The fourth-order valence-electron chi connectivity index (χ4n) is 1.66. The van der Waals surface area contributed by atoms with E-state index in [1.54, 1.807) is 13.3 Å². The van der Waals surface area contributed by atoms with Crippen molar-refractivity contribution in [2.75, 3.05) is 38.7 Å². The van der Waals surface area contributed by atoms with E-state index >= 15 is 0 Å². The average molecular weight is 223 g/mol. The fraction of sp³-hybridized carbons (Fsp3) is 0.545. The summed E-state index contributed by atoms with van der Waals surface area (Å²) in [7, 11) is 1.64. The van der Waals surface area contributed by atoms with Gasteiger partial charge in [-0.05, 0) is 12.1 Å². The number of morpholine rings is 1. The molecule has 5 nitrogen and oxygen atoms in total. The van der Waals surface area contributed by atoms with Gasteiger partial charge in [-0.25, -0.2) is 4.98 Å². The van der Waals surface area contributed by atoms with Crippen molar-refractivity contribution in [2.24, 2.45) is 0 Å². The van der Waals surface area contributed by atoms with Gasteiger partial charge in [-0.2, -0.15) is 0 Å². The molecule has 0 bridgehead atoms. The predicted octanol–water partition coefficient (Wildman–Crippen LogP) is 0.490. The SMILES string of the molecule is COc1cccnc1NCC1COCCN1. The van der Waals surface area contributed by atoms with Crippen LogP contribution in [-0.4, -0.2) is 44.4 Å². The normalized spacial score (nSPS) is 20.4. The zero-order chi connectivity index (χ0) is 11.2. The number of nitrogens with zero attached hydrogens (tertiary/aromatic N) is 1. The van der Waals surface area contributed by atoms with E-state index in [-0.39, 0.29) is 0 Å². The van der Waals surface area contributed by atoms with Crippen LogP contribution in [0.2, 0.25) is 0 Å². The first-order valence-corrected chi connectivity index (χ1v) is 5.44. The van der Waals surface area contributed by atoms with Gasteiger partial charge in [0, 0.05) is 25.3 Å². The summed E-state index contributed by atoms with van der Waals surface area (Å²) in [6, 6.07) is 4.08. The summed E-state index contributed by atoms with van der Waals surface area (Å²) in [5.41, 5.74) is 0. The number of hydrogen-bond donors (Lipinski definition) is 2. The van der Waals surface area contributed by atoms with Crippen LogP contribution in [0.25, 0.3) is 0 Å². The molecule has 0 radical (unpaired) electrons. The maximum atomic E-state index is 5.37. The van der Waals surface area contributed by atoms with E-state index < -0.39 is 0 Å². The summed E-state index contributed by atoms with van der Waals surface area (Å²) < 4.78 is 10.6. The number of ether oxygens (including phenoxy) is 2. The first-order valence-electron chi connectivity index (χ1n) is 5.44. The fourth-order valence-corrected chi connectivity index (χ4v) is 1.66. The van der Waals surface area contributed by atoms with E-state index in [0.717, 1.165) is 37.9 Å². The summed E-state index contributed by atoms with van der Waals surface area (Å²) >= 11 is 0. The maximum Gasteiger partial charge on any atom is 0.168 e. The molecule has 1 aliphatic heterocycles. The lowest BCUT2D eigenvalue weighted by Gasteiger charge is -2.24. The molecule has 1 aromatic heterocycles. The molecule has 1 fully saturated rings. The van der Waals surface area contributed by atoms with Gasteiger partial charge in [0.05, 0.1) is 20.3 Å². The highest BCUT2D eigenvalue weighted by molar-refractivity contribution is 5.49. The van der Waals surface area contributed by atoms with Gasteiger partial charge in [0.1, 0.15) is 0 Å². The number of aromatic nitrogens is 1. The third-order valence-corrected chi connectivity index (χ3v) is 2.50. The molecule has 2 heterocycles. The zero-order valence-corrected chi connectivity index (χ0v) is 9.40. The highest BCUT2D eigenvalue weighted by atomic mass is 16.5. The molecule has 1 aliphatic rings. The Morgan fingerprint density at radius 2 is 2.62 bits per heavy atom. The second kappa shape index (κ2) is 5.67. The molecule has 2 N–H and O–H groups in total. The van der Waals surface area contributed by atoms with Gasteiger partial charge in [0.25, 0.3) is 0 Å². The van der Waals surface area contributed by atoms with E-state index in [4.69, 9.17) is 9.47 Å². The Bertz CT molecular complexity index is 327. The van der Waals surface area contributed by atoms with Gasteiger partial charge >= 0.3 is 0 Å². The number of anilines is 1. The van der Waals surface area contributed by atoms with Crippen LogP contribution in [-0.2, 0) is 4.74 Å². The maximum absolute atomic E-state index is 5.37. The average Bonchev–Trinajstić information content (AvgIpc) is 2.38. The lowest BCUT2D eigenvalue weighted by Crippen LogP contribution is -2.45.